The molecule has 2 fully saturated rings. The molecule has 2 aromatic rings. The minimum absolute atomic E-state index is 0.167. The van der Waals surface area contributed by atoms with Gasteiger partial charge in [0, 0.05) is 56.4 Å². The molecule has 2 aliphatic heterocycles. The van der Waals surface area contributed by atoms with E-state index in [1.165, 1.54) is 42.5 Å². The van der Waals surface area contributed by atoms with Gasteiger partial charge >= 0.3 is 0 Å². The van der Waals surface area contributed by atoms with Gasteiger partial charge in [0.25, 0.3) is 0 Å². The summed E-state index contributed by atoms with van der Waals surface area (Å²) in [6.45, 7) is 6.59. The van der Waals surface area contributed by atoms with Crippen LogP contribution in [0.25, 0.3) is 0 Å². The van der Waals surface area contributed by atoms with Crippen molar-refractivity contribution in [2.75, 3.05) is 49.6 Å². The van der Waals surface area contributed by atoms with Crippen LogP contribution < -0.4 is 14.5 Å². The van der Waals surface area contributed by atoms with Gasteiger partial charge in [0.15, 0.2) is 0 Å². The maximum absolute atomic E-state index is 13.9. The Hall–Kier alpha value is -2.60. The van der Waals surface area contributed by atoms with Crippen molar-refractivity contribution >= 4 is 17.3 Å². The second kappa shape index (κ2) is 10.6. The summed E-state index contributed by atoms with van der Waals surface area (Å²) in [4.78, 5) is 20.8. The molecular weight excluding hydrogens is 441 g/mol. The summed E-state index contributed by atoms with van der Waals surface area (Å²) in [6, 6.07) is 11.6. The van der Waals surface area contributed by atoms with E-state index in [-0.39, 0.29) is 17.8 Å². The SMILES string of the molecule is COc1cc(F)ccc1N1CCN(CC2CCc3ccc(C)cc3N2C(=O)C2CCCCC2)CC1. The average Bonchev–Trinajstić information content (AvgIpc) is 2.89. The number of amides is 1. The number of carbonyl (C=O) groups excluding carboxylic acids is 1. The highest BCUT2D eigenvalue weighted by Crippen LogP contribution is 2.36. The first kappa shape index (κ1) is 24.1. The molecule has 5 nitrogen and oxygen atoms in total. The molecule has 1 saturated carbocycles. The van der Waals surface area contributed by atoms with Gasteiger partial charge in [-0.25, -0.2) is 4.39 Å². The molecule has 0 aromatic heterocycles. The standard InChI is InChI=1S/C29H38FN3O2/c1-21-8-9-22-10-12-25(33(27(22)18-21)29(34)23-6-4-3-5-7-23)20-31-14-16-32(17-15-31)26-13-11-24(30)19-28(26)35-2/h8-9,11,13,18-19,23,25H,3-7,10,12,14-17,20H2,1-2H3. The molecule has 1 amide bonds. The highest BCUT2D eigenvalue weighted by atomic mass is 19.1. The van der Waals surface area contributed by atoms with Gasteiger partial charge in [-0.2, -0.15) is 0 Å². The fraction of sp³-hybridized carbons (Fsp3) is 0.552. The Morgan fingerprint density at radius 2 is 1.74 bits per heavy atom. The number of hydrogen-bond donors (Lipinski definition) is 0. The molecule has 0 radical (unpaired) electrons. The summed E-state index contributed by atoms with van der Waals surface area (Å²) >= 11 is 0. The molecule has 2 aromatic carbocycles. The molecule has 1 saturated heterocycles. The monoisotopic (exact) mass is 479 g/mol. The zero-order valence-electron chi connectivity index (χ0n) is 21.1. The quantitative estimate of drug-likeness (QED) is 0.591. The van der Waals surface area contributed by atoms with Gasteiger partial charge in [0.1, 0.15) is 11.6 Å². The summed E-state index contributed by atoms with van der Waals surface area (Å²) in [7, 11) is 1.59. The number of halogens is 1. The lowest BCUT2D eigenvalue weighted by atomic mass is 9.86. The van der Waals surface area contributed by atoms with Crippen LogP contribution in [0.15, 0.2) is 36.4 Å². The van der Waals surface area contributed by atoms with E-state index in [0.717, 1.165) is 69.8 Å². The molecule has 5 rings (SSSR count). The summed E-state index contributed by atoms with van der Waals surface area (Å²) < 4.78 is 19.1. The molecule has 188 valence electrons. The van der Waals surface area contributed by atoms with E-state index in [2.05, 4.69) is 39.8 Å². The van der Waals surface area contributed by atoms with Crippen molar-refractivity contribution in [1.82, 2.24) is 4.90 Å². The predicted octanol–water partition coefficient (Wildman–Crippen LogP) is 5.19. The van der Waals surface area contributed by atoms with E-state index in [4.69, 9.17) is 4.74 Å². The largest absolute Gasteiger partial charge is 0.494 e. The lowest BCUT2D eigenvalue weighted by Gasteiger charge is -2.44. The van der Waals surface area contributed by atoms with Gasteiger partial charge in [-0.1, -0.05) is 31.4 Å². The Balaban J connectivity index is 1.30. The molecule has 1 unspecified atom stereocenters. The Morgan fingerprint density at radius 1 is 0.971 bits per heavy atom. The van der Waals surface area contributed by atoms with E-state index in [1.54, 1.807) is 7.11 Å². The van der Waals surface area contributed by atoms with Gasteiger partial charge < -0.3 is 14.5 Å². The number of aryl methyl sites for hydroxylation is 2. The minimum Gasteiger partial charge on any atom is -0.494 e. The third-order valence-corrected chi connectivity index (χ3v) is 8.13. The van der Waals surface area contributed by atoms with Crippen molar-refractivity contribution in [3.63, 3.8) is 0 Å². The van der Waals surface area contributed by atoms with E-state index in [1.807, 2.05) is 6.07 Å². The maximum atomic E-state index is 13.9. The van der Waals surface area contributed by atoms with Crippen LogP contribution in [0.2, 0.25) is 0 Å². The van der Waals surface area contributed by atoms with Crippen molar-refractivity contribution in [3.05, 3.63) is 53.3 Å². The normalized spacial score (nSPS) is 21.6. The number of hydrogen-bond acceptors (Lipinski definition) is 4. The molecule has 6 heteroatoms. The fourth-order valence-electron chi connectivity index (χ4n) is 6.16. The number of anilines is 2. The molecule has 3 aliphatic rings. The topological polar surface area (TPSA) is 36.0 Å². The van der Waals surface area contributed by atoms with Gasteiger partial charge in [-0.15, -0.1) is 0 Å². The van der Waals surface area contributed by atoms with Crippen molar-refractivity contribution in [1.29, 1.82) is 0 Å². The van der Waals surface area contributed by atoms with Crippen LogP contribution >= 0.6 is 0 Å². The van der Waals surface area contributed by atoms with Gasteiger partial charge in [0.05, 0.1) is 12.8 Å². The molecule has 1 aliphatic carbocycles. The predicted molar refractivity (Wildman–Crippen MR) is 139 cm³/mol. The smallest absolute Gasteiger partial charge is 0.230 e. The Bertz CT molecular complexity index is 1040. The van der Waals surface area contributed by atoms with Crippen LogP contribution in [0.5, 0.6) is 5.75 Å². The highest BCUT2D eigenvalue weighted by molar-refractivity contribution is 5.97. The number of piperazine rings is 1. The van der Waals surface area contributed by atoms with Gasteiger partial charge in [0.2, 0.25) is 5.91 Å². The van der Waals surface area contributed by atoms with Crippen LogP contribution in [0.3, 0.4) is 0 Å². The second-order valence-electron chi connectivity index (χ2n) is 10.5. The third-order valence-electron chi connectivity index (χ3n) is 8.13. The molecule has 0 spiro atoms. The number of rotatable bonds is 5. The van der Waals surface area contributed by atoms with E-state index in [0.29, 0.717) is 11.7 Å². The average molecular weight is 480 g/mol. The van der Waals surface area contributed by atoms with Gasteiger partial charge in [-0.3, -0.25) is 9.69 Å². The number of nitrogens with zero attached hydrogens (tertiary/aromatic N) is 3. The van der Waals surface area contributed by atoms with E-state index >= 15 is 0 Å². The number of fused-ring (bicyclic) bond motifs is 1. The maximum Gasteiger partial charge on any atom is 0.230 e. The van der Waals surface area contributed by atoms with Crippen LogP contribution in [-0.2, 0) is 11.2 Å². The first-order valence-corrected chi connectivity index (χ1v) is 13.3. The lowest BCUT2D eigenvalue weighted by molar-refractivity contribution is -0.124. The summed E-state index contributed by atoms with van der Waals surface area (Å²) in [5.41, 5.74) is 4.62. The van der Waals surface area contributed by atoms with E-state index < -0.39 is 0 Å². The Labute approximate surface area is 208 Å². The second-order valence-corrected chi connectivity index (χ2v) is 10.5. The third kappa shape index (κ3) is 5.18. The number of carbonyl (C=O) groups is 1. The first-order valence-electron chi connectivity index (χ1n) is 13.3. The van der Waals surface area contributed by atoms with Crippen LogP contribution in [-0.4, -0.2) is 56.7 Å². The van der Waals surface area contributed by atoms with Crippen LogP contribution in [0.1, 0.15) is 49.7 Å². The molecular formula is C29H38FN3O2. The molecule has 0 N–H and O–H groups in total. The van der Waals surface area contributed by atoms with Crippen molar-refractivity contribution in [2.45, 2.75) is 57.9 Å². The Kier molecular flexibility index (Phi) is 7.28. The minimum atomic E-state index is -0.278. The number of ether oxygens (including phenoxy) is 1. The van der Waals surface area contributed by atoms with Crippen molar-refractivity contribution in [3.8, 4) is 5.75 Å². The van der Waals surface area contributed by atoms with Crippen molar-refractivity contribution in [2.24, 2.45) is 5.92 Å². The molecule has 1 atom stereocenters. The van der Waals surface area contributed by atoms with Crippen LogP contribution in [0.4, 0.5) is 15.8 Å². The Morgan fingerprint density at radius 3 is 2.49 bits per heavy atom. The zero-order valence-corrected chi connectivity index (χ0v) is 21.1. The number of methoxy groups -OCH3 is 1. The summed E-state index contributed by atoms with van der Waals surface area (Å²) in [6.07, 6.45) is 7.70. The molecule has 0 bridgehead atoms. The van der Waals surface area contributed by atoms with Crippen LogP contribution in [0, 0.1) is 18.7 Å². The zero-order chi connectivity index (χ0) is 24.4. The lowest BCUT2D eigenvalue weighted by Crippen LogP contribution is -2.55. The highest BCUT2D eigenvalue weighted by Gasteiger charge is 2.36. The summed E-state index contributed by atoms with van der Waals surface area (Å²) in [5.74, 6) is 0.818. The van der Waals surface area contributed by atoms with Crippen molar-refractivity contribution < 1.29 is 13.9 Å². The van der Waals surface area contributed by atoms with E-state index in [9.17, 15) is 9.18 Å². The molecule has 2 heterocycles. The van der Waals surface area contributed by atoms with Gasteiger partial charge in [-0.05, 0) is 61.9 Å². The molecule has 35 heavy (non-hydrogen) atoms. The number of benzene rings is 2. The summed E-state index contributed by atoms with van der Waals surface area (Å²) in [5, 5.41) is 0. The first-order chi connectivity index (χ1) is 17.0. The fourth-order valence-corrected chi connectivity index (χ4v) is 6.16.